The Morgan fingerprint density at radius 2 is 2.20 bits per heavy atom. The molecule has 1 aliphatic carbocycles. The lowest BCUT2D eigenvalue weighted by Gasteiger charge is -2.09. The molecule has 25 heavy (non-hydrogen) atoms. The van der Waals surface area contributed by atoms with E-state index in [1.54, 1.807) is 24.5 Å². The van der Waals surface area contributed by atoms with E-state index in [2.05, 4.69) is 27.0 Å². The molecule has 0 radical (unpaired) electrons. The monoisotopic (exact) mass is 333 g/mol. The molecule has 0 amide bonds. The van der Waals surface area contributed by atoms with Crippen LogP contribution in [0, 0.1) is 23.6 Å². The normalized spacial score (nSPS) is 15.6. The van der Waals surface area contributed by atoms with E-state index < -0.39 is 0 Å². The van der Waals surface area contributed by atoms with Crippen LogP contribution in [0.2, 0.25) is 0 Å². The summed E-state index contributed by atoms with van der Waals surface area (Å²) in [7, 11) is 0. The highest BCUT2D eigenvalue weighted by Gasteiger charge is 2.19. The topological polar surface area (TPSA) is 57.8 Å². The summed E-state index contributed by atoms with van der Waals surface area (Å²) in [6.07, 6.45) is 6.69. The molecule has 0 atom stereocenters. The molecule has 5 heteroatoms. The van der Waals surface area contributed by atoms with E-state index in [-0.39, 0.29) is 5.82 Å². The van der Waals surface area contributed by atoms with Gasteiger partial charge in [-0.25, -0.2) is 14.4 Å². The van der Waals surface area contributed by atoms with Gasteiger partial charge in [0.15, 0.2) is 5.82 Å². The molecule has 124 valence electrons. The predicted octanol–water partition coefficient (Wildman–Crippen LogP) is 3.66. The Kier molecular flexibility index (Phi) is 4.02. The van der Waals surface area contributed by atoms with Crippen LogP contribution in [0.1, 0.15) is 35.1 Å². The van der Waals surface area contributed by atoms with E-state index in [1.807, 2.05) is 6.07 Å². The molecule has 1 aromatic carbocycles. The third-order valence-electron chi connectivity index (χ3n) is 4.36. The summed E-state index contributed by atoms with van der Waals surface area (Å²) in [5.74, 6) is 6.76. The van der Waals surface area contributed by atoms with Gasteiger partial charge in [0.25, 0.3) is 0 Å². The second kappa shape index (κ2) is 6.48. The van der Waals surface area contributed by atoms with E-state index in [0.29, 0.717) is 35.9 Å². The smallest absolute Gasteiger partial charge is 0.155 e. The van der Waals surface area contributed by atoms with E-state index in [1.165, 1.54) is 6.07 Å². The van der Waals surface area contributed by atoms with Gasteiger partial charge >= 0.3 is 0 Å². The molecule has 1 aromatic heterocycles. The van der Waals surface area contributed by atoms with Gasteiger partial charge in [0, 0.05) is 42.3 Å². The number of pyridine rings is 1. The van der Waals surface area contributed by atoms with Crippen molar-refractivity contribution in [2.45, 2.75) is 25.7 Å². The maximum absolute atomic E-state index is 14.0. The molecule has 2 aromatic rings. The lowest BCUT2D eigenvalue weighted by molar-refractivity contribution is 0.318. The molecule has 1 fully saturated rings. The third kappa shape index (κ3) is 3.29. The van der Waals surface area contributed by atoms with Gasteiger partial charge < -0.3 is 5.21 Å². The van der Waals surface area contributed by atoms with Crippen LogP contribution in [0.4, 0.5) is 10.2 Å². The van der Waals surface area contributed by atoms with Crippen LogP contribution in [-0.2, 0) is 12.8 Å². The highest BCUT2D eigenvalue weighted by Crippen LogP contribution is 2.28. The van der Waals surface area contributed by atoms with Gasteiger partial charge in [-0.1, -0.05) is 23.1 Å². The molecule has 2 heterocycles. The maximum Gasteiger partial charge on any atom is 0.155 e. The fourth-order valence-corrected chi connectivity index (χ4v) is 2.85. The number of hydrogen-bond donors (Lipinski definition) is 1. The predicted molar refractivity (Wildman–Crippen MR) is 94.1 cm³/mol. The Bertz CT molecular complexity index is 949. The fraction of sp³-hybridized carbons (Fsp3) is 0.250. The molecule has 0 bridgehead atoms. The van der Waals surface area contributed by atoms with Crippen LogP contribution < -0.4 is 0 Å². The number of benzene rings is 1. The van der Waals surface area contributed by atoms with Crippen molar-refractivity contribution in [3.05, 3.63) is 58.5 Å². The summed E-state index contributed by atoms with van der Waals surface area (Å²) in [4.78, 5) is 8.43. The van der Waals surface area contributed by atoms with Crippen molar-refractivity contribution < 1.29 is 9.60 Å². The molecule has 0 saturated heterocycles. The number of aromatic nitrogens is 1. The lowest BCUT2D eigenvalue weighted by Crippen LogP contribution is -2.09. The molecule has 0 spiro atoms. The minimum absolute atomic E-state index is 0.322. The van der Waals surface area contributed by atoms with Gasteiger partial charge in [-0.15, -0.1) is 0 Å². The fourth-order valence-electron chi connectivity index (χ4n) is 2.85. The standard InChI is InChI=1S/C20H16FN3O/c21-18-6-4-14(11-15(18)5-3-13-1-2-13)12-19(24-25)16-7-9-22-20-17(16)8-10-23-20/h4,6-7,9-11,13,25H,1-2,8,12H2/b24-19+. The molecule has 4 nitrogen and oxygen atoms in total. The van der Waals surface area contributed by atoms with E-state index in [4.69, 9.17) is 0 Å². The quantitative estimate of drug-likeness (QED) is 0.403. The first-order chi connectivity index (χ1) is 12.2. The summed E-state index contributed by atoms with van der Waals surface area (Å²) < 4.78 is 14.0. The average molecular weight is 333 g/mol. The number of aliphatic imine (C=N–C) groups is 1. The number of rotatable bonds is 3. The summed E-state index contributed by atoms with van der Waals surface area (Å²) >= 11 is 0. The van der Waals surface area contributed by atoms with Crippen LogP contribution >= 0.6 is 0 Å². The Morgan fingerprint density at radius 1 is 1.32 bits per heavy atom. The van der Waals surface area contributed by atoms with E-state index in [0.717, 1.165) is 29.5 Å². The van der Waals surface area contributed by atoms with Gasteiger partial charge in [-0.3, -0.25) is 0 Å². The first kappa shape index (κ1) is 15.5. The summed E-state index contributed by atoms with van der Waals surface area (Å²) in [5, 5.41) is 13.0. The van der Waals surface area contributed by atoms with Crippen LogP contribution in [0.3, 0.4) is 0 Å². The average Bonchev–Trinajstić information content (AvgIpc) is 3.33. The van der Waals surface area contributed by atoms with Crippen molar-refractivity contribution in [2.75, 3.05) is 0 Å². The molecule has 4 rings (SSSR count). The zero-order chi connectivity index (χ0) is 17.2. The van der Waals surface area contributed by atoms with Gasteiger partial charge in [0.05, 0.1) is 11.3 Å². The maximum atomic E-state index is 14.0. The number of oxime groups is 1. The first-order valence-electron chi connectivity index (χ1n) is 8.26. The van der Waals surface area contributed by atoms with Crippen LogP contribution in [0.5, 0.6) is 0 Å². The summed E-state index contributed by atoms with van der Waals surface area (Å²) in [5.41, 5.74) is 3.52. The van der Waals surface area contributed by atoms with Crippen molar-refractivity contribution >= 4 is 17.7 Å². The Labute approximate surface area is 145 Å². The molecule has 1 aliphatic heterocycles. The van der Waals surface area contributed by atoms with Gasteiger partial charge in [-0.2, -0.15) is 0 Å². The Morgan fingerprint density at radius 3 is 3.00 bits per heavy atom. The number of nitrogens with zero attached hydrogens (tertiary/aromatic N) is 3. The molecular weight excluding hydrogens is 317 g/mol. The highest BCUT2D eigenvalue weighted by atomic mass is 19.1. The second-order valence-electron chi connectivity index (χ2n) is 6.26. The molecule has 1 N–H and O–H groups in total. The molecular formula is C20H16FN3O. The minimum Gasteiger partial charge on any atom is -0.411 e. The van der Waals surface area contributed by atoms with Crippen LogP contribution in [-0.4, -0.2) is 22.1 Å². The SMILES string of the molecule is O/N=C(\Cc1ccc(F)c(C#CC2CC2)c1)c1ccnc2c1CC=N2. The number of hydrogen-bond acceptors (Lipinski definition) is 4. The van der Waals surface area contributed by atoms with E-state index in [9.17, 15) is 9.60 Å². The zero-order valence-corrected chi connectivity index (χ0v) is 13.5. The van der Waals surface area contributed by atoms with Crippen molar-refractivity contribution in [1.29, 1.82) is 0 Å². The van der Waals surface area contributed by atoms with Crippen molar-refractivity contribution in [3.63, 3.8) is 0 Å². The summed E-state index contributed by atoms with van der Waals surface area (Å²) in [6.45, 7) is 0. The molecule has 1 saturated carbocycles. The van der Waals surface area contributed by atoms with Crippen molar-refractivity contribution in [1.82, 2.24) is 4.98 Å². The van der Waals surface area contributed by atoms with Gasteiger partial charge in [0.2, 0.25) is 0 Å². The van der Waals surface area contributed by atoms with Crippen LogP contribution in [0.15, 0.2) is 40.6 Å². The lowest BCUT2D eigenvalue weighted by atomic mass is 9.97. The zero-order valence-electron chi connectivity index (χ0n) is 13.5. The molecule has 0 unspecified atom stereocenters. The van der Waals surface area contributed by atoms with Crippen LogP contribution in [0.25, 0.3) is 0 Å². The van der Waals surface area contributed by atoms with Crippen molar-refractivity contribution in [3.8, 4) is 11.8 Å². The number of halogens is 1. The molecule has 2 aliphatic rings. The summed E-state index contributed by atoms with van der Waals surface area (Å²) in [6, 6.07) is 6.66. The third-order valence-corrected chi connectivity index (χ3v) is 4.36. The number of fused-ring (bicyclic) bond motifs is 1. The van der Waals surface area contributed by atoms with Crippen molar-refractivity contribution in [2.24, 2.45) is 16.1 Å². The Balaban J connectivity index is 1.62. The minimum atomic E-state index is -0.322. The highest BCUT2D eigenvalue weighted by molar-refractivity contribution is 6.04. The van der Waals surface area contributed by atoms with E-state index >= 15 is 0 Å². The Hall–Kier alpha value is -3.00. The second-order valence-corrected chi connectivity index (χ2v) is 6.26. The van der Waals surface area contributed by atoms with Gasteiger partial charge in [0.1, 0.15) is 5.82 Å². The van der Waals surface area contributed by atoms with Gasteiger partial charge in [-0.05, 0) is 36.6 Å². The largest absolute Gasteiger partial charge is 0.411 e. The first-order valence-corrected chi connectivity index (χ1v) is 8.26.